The number of nitrogens with one attached hydrogen (secondary N) is 1. The third-order valence-corrected chi connectivity index (χ3v) is 5.37. The fourth-order valence-electron chi connectivity index (χ4n) is 2.77. The molecule has 0 bridgehead atoms. The number of hydrogen-bond donors (Lipinski definition) is 1. The van der Waals surface area contributed by atoms with E-state index in [-0.39, 0.29) is 31.4 Å². The maximum absolute atomic E-state index is 12.8. The van der Waals surface area contributed by atoms with Gasteiger partial charge in [-0.15, -0.1) is 0 Å². The number of likely N-dealkylation sites (N-methyl/N-ethyl adjacent to an activating group) is 1. The molecule has 9 heteroatoms. The van der Waals surface area contributed by atoms with Crippen LogP contribution >= 0.6 is 23.2 Å². The molecule has 0 heterocycles. The summed E-state index contributed by atoms with van der Waals surface area (Å²) in [5, 5.41) is 2.05. The standard InChI is InChI=1S/C23H28Cl2N2O5/c1-5-31-23(29)15(2)13-26-27(3)21(28)12-18-19(24)10-11-20(25)22(18)32-14-16-6-8-17(30-4)9-7-16/h6-11,15,26H,5,12-14H2,1-4H3. The van der Waals surface area contributed by atoms with Gasteiger partial charge in [0.2, 0.25) is 5.91 Å². The van der Waals surface area contributed by atoms with Gasteiger partial charge < -0.3 is 14.2 Å². The maximum atomic E-state index is 12.8. The Hall–Kier alpha value is -2.48. The first kappa shape index (κ1) is 25.8. The molecule has 174 valence electrons. The lowest BCUT2D eigenvalue weighted by Crippen LogP contribution is -2.43. The van der Waals surface area contributed by atoms with E-state index in [0.717, 1.165) is 11.3 Å². The first-order valence-electron chi connectivity index (χ1n) is 10.2. The average Bonchev–Trinajstić information content (AvgIpc) is 2.79. The topological polar surface area (TPSA) is 77.1 Å². The van der Waals surface area contributed by atoms with Crippen molar-refractivity contribution in [3.8, 4) is 11.5 Å². The Morgan fingerprint density at radius 1 is 1.09 bits per heavy atom. The van der Waals surface area contributed by atoms with Gasteiger partial charge in [0.25, 0.3) is 0 Å². The number of benzene rings is 2. The number of hydrazine groups is 1. The summed E-state index contributed by atoms with van der Waals surface area (Å²) in [4.78, 5) is 24.5. The van der Waals surface area contributed by atoms with Gasteiger partial charge in [0.1, 0.15) is 18.1 Å². The SMILES string of the molecule is CCOC(=O)C(C)CNN(C)C(=O)Cc1c(Cl)ccc(Cl)c1OCc1ccc(OC)cc1. The van der Waals surface area contributed by atoms with Crippen molar-refractivity contribution in [1.29, 1.82) is 0 Å². The van der Waals surface area contributed by atoms with Gasteiger partial charge in [-0.3, -0.25) is 14.6 Å². The molecule has 0 saturated heterocycles. The highest BCUT2D eigenvalue weighted by molar-refractivity contribution is 6.35. The number of esters is 1. The van der Waals surface area contributed by atoms with E-state index < -0.39 is 5.92 Å². The molecular weight excluding hydrogens is 455 g/mol. The summed E-state index contributed by atoms with van der Waals surface area (Å²) in [6, 6.07) is 10.7. The molecular formula is C23H28Cl2N2O5. The van der Waals surface area contributed by atoms with Crippen LogP contribution in [-0.4, -0.2) is 44.2 Å². The lowest BCUT2D eigenvalue weighted by atomic mass is 10.1. The van der Waals surface area contributed by atoms with Crippen LogP contribution in [0.15, 0.2) is 36.4 Å². The first-order chi connectivity index (χ1) is 15.3. The fraction of sp³-hybridized carbons (Fsp3) is 0.391. The Morgan fingerprint density at radius 3 is 2.38 bits per heavy atom. The van der Waals surface area contributed by atoms with E-state index in [4.69, 9.17) is 37.4 Å². The average molecular weight is 483 g/mol. The van der Waals surface area contributed by atoms with Crippen LogP contribution in [0, 0.1) is 5.92 Å². The predicted molar refractivity (Wildman–Crippen MR) is 124 cm³/mol. The molecule has 0 aliphatic heterocycles. The quantitative estimate of drug-likeness (QED) is 0.380. The Balaban J connectivity index is 2.05. The van der Waals surface area contributed by atoms with Crippen LogP contribution in [0.25, 0.3) is 0 Å². The molecule has 32 heavy (non-hydrogen) atoms. The van der Waals surface area contributed by atoms with E-state index in [9.17, 15) is 9.59 Å². The van der Waals surface area contributed by atoms with E-state index >= 15 is 0 Å². The third-order valence-electron chi connectivity index (χ3n) is 4.72. The molecule has 0 spiro atoms. The summed E-state index contributed by atoms with van der Waals surface area (Å²) in [6.45, 7) is 4.28. The number of carbonyl (C=O) groups excluding carboxylic acids is 2. The normalized spacial score (nSPS) is 11.6. The summed E-state index contributed by atoms with van der Waals surface area (Å²) < 4.78 is 16.1. The van der Waals surface area contributed by atoms with Crippen LogP contribution in [0.2, 0.25) is 10.0 Å². The zero-order valence-electron chi connectivity index (χ0n) is 18.6. The molecule has 1 N–H and O–H groups in total. The fourth-order valence-corrected chi connectivity index (χ4v) is 3.22. The second kappa shape index (κ2) is 12.5. The summed E-state index contributed by atoms with van der Waals surface area (Å²) in [5.74, 6) is 0.112. The van der Waals surface area contributed by atoms with Gasteiger partial charge in [-0.05, 0) is 36.8 Å². The van der Waals surface area contributed by atoms with E-state index in [1.165, 1.54) is 5.01 Å². The zero-order valence-corrected chi connectivity index (χ0v) is 20.1. The van der Waals surface area contributed by atoms with Crippen LogP contribution in [0.1, 0.15) is 25.0 Å². The van der Waals surface area contributed by atoms with E-state index in [0.29, 0.717) is 28.0 Å². The number of nitrogens with zero attached hydrogens (tertiary/aromatic N) is 1. The highest BCUT2D eigenvalue weighted by Gasteiger charge is 2.20. The van der Waals surface area contributed by atoms with Gasteiger partial charge in [0, 0.05) is 24.2 Å². The number of amides is 1. The lowest BCUT2D eigenvalue weighted by Gasteiger charge is -2.22. The van der Waals surface area contributed by atoms with Gasteiger partial charge in [0.05, 0.1) is 31.1 Å². The Morgan fingerprint density at radius 2 is 1.75 bits per heavy atom. The summed E-state index contributed by atoms with van der Waals surface area (Å²) >= 11 is 12.7. The van der Waals surface area contributed by atoms with Crippen LogP contribution < -0.4 is 14.9 Å². The number of halogens is 2. The largest absolute Gasteiger partial charge is 0.497 e. The van der Waals surface area contributed by atoms with Gasteiger partial charge >= 0.3 is 5.97 Å². The van der Waals surface area contributed by atoms with Crippen molar-refractivity contribution in [2.45, 2.75) is 26.9 Å². The minimum absolute atomic E-state index is 0.0331. The number of methoxy groups -OCH3 is 1. The highest BCUT2D eigenvalue weighted by atomic mass is 35.5. The molecule has 0 aliphatic carbocycles. The van der Waals surface area contributed by atoms with Gasteiger partial charge in [-0.2, -0.15) is 0 Å². The lowest BCUT2D eigenvalue weighted by molar-refractivity contribution is -0.148. The molecule has 1 unspecified atom stereocenters. The van der Waals surface area contributed by atoms with Crippen molar-refractivity contribution < 1.29 is 23.8 Å². The van der Waals surface area contributed by atoms with Crippen LogP contribution in [0.5, 0.6) is 11.5 Å². The summed E-state index contributed by atoms with van der Waals surface area (Å²) in [7, 11) is 3.18. The highest BCUT2D eigenvalue weighted by Crippen LogP contribution is 2.35. The number of hydrogen-bond acceptors (Lipinski definition) is 6. The molecule has 2 aromatic carbocycles. The van der Waals surface area contributed by atoms with Crippen LogP contribution in [-0.2, 0) is 27.4 Å². The van der Waals surface area contributed by atoms with Gasteiger partial charge in [0.15, 0.2) is 0 Å². The van der Waals surface area contributed by atoms with E-state index in [2.05, 4.69) is 5.43 Å². The molecule has 1 amide bonds. The maximum Gasteiger partial charge on any atom is 0.310 e. The molecule has 0 aromatic heterocycles. The Labute approximate surface area is 198 Å². The number of ether oxygens (including phenoxy) is 3. The second-order valence-corrected chi connectivity index (χ2v) is 7.93. The molecule has 0 radical (unpaired) electrons. The minimum Gasteiger partial charge on any atom is -0.497 e. The number of rotatable bonds is 11. The molecule has 1 atom stereocenters. The van der Waals surface area contributed by atoms with Crippen LogP contribution in [0.3, 0.4) is 0 Å². The van der Waals surface area contributed by atoms with E-state index in [1.807, 2.05) is 24.3 Å². The second-order valence-electron chi connectivity index (χ2n) is 7.12. The molecule has 2 rings (SSSR count). The molecule has 0 saturated carbocycles. The van der Waals surface area contributed by atoms with Crippen molar-refractivity contribution in [1.82, 2.24) is 10.4 Å². The molecule has 0 aliphatic rings. The van der Waals surface area contributed by atoms with Crippen molar-refractivity contribution in [2.24, 2.45) is 5.92 Å². The summed E-state index contributed by atoms with van der Waals surface area (Å²) in [6.07, 6.45) is -0.0331. The molecule has 0 fully saturated rings. The van der Waals surface area contributed by atoms with Crippen molar-refractivity contribution in [3.05, 3.63) is 57.6 Å². The van der Waals surface area contributed by atoms with E-state index in [1.54, 1.807) is 40.1 Å². The van der Waals surface area contributed by atoms with Gasteiger partial charge in [-0.25, -0.2) is 5.43 Å². The van der Waals surface area contributed by atoms with Crippen molar-refractivity contribution in [2.75, 3.05) is 27.3 Å². The Bertz CT molecular complexity index is 921. The predicted octanol–water partition coefficient (Wildman–Crippen LogP) is 4.29. The smallest absolute Gasteiger partial charge is 0.310 e. The first-order valence-corrected chi connectivity index (χ1v) is 10.9. The number of carbonyl (C=O) groups is 2. The van der Waals surface area contributed by atoms with Crippen molar-refractivity contribution in [3.63, 3.8) is 0 Å². The zero-order chi connectivity index (χ0) is 23.7. The van der Waals surface area contributed by atoms with Gasteiger partial charge in [-0.1, -0.05) is 42.3 Å². The molecule has 2 aromatic rings. The minimum atomic E-state index is -0.400. The monoisotopic (exact) mass is 482 g/mol. The third kappa shape index (κ3) is 7.29. The molecule has 7 nitrogen and oxygen atoms in total. The Kier molecular flexibility index (Phi) is 10.1. The van der Waals surface area contributed by atoms with Crippen LogP contribution in [0.4, 0.5) is 0 Å². The summed E-state index contributed by atoms with van der Waals surface area (Å²) in [5.41, 5.74) is 4.32. The van der Waals surface area contributed by atoms with Crippen molar-refractivity contribution >= 4 is 35.1 Å².